The van der Waals surface area contributed by atoms with Gasteiger partial charge in [-0.25, -0.2) is 0 Å². The summed E-state index contributed by atoms with van der Waals surface area (Å²) < 4.78 is 12.4. The monoisotopic (exact) mass is 431 g/mol. The van der Waals surface area contributed by atoms with Crippen LogP contribution in [-0.2, 0) is 0 Å². The Kier molecular flexibility index (Phi) is 4.88. The number of benzene rings is 2. The minimum absolute atomic E-state index is 0.0802. The van der Waals surface area contributed by atoms with E-state index in [2.05, 4.69) is 18.3 Å². The topological polar surface area (TPSA) is 68.5 Å². The van der Waals surface area contributed by atoms with E-state index >= 15 is 0 Å². The first-order chi connectivity index (χ1) is 15.2. The average molecular weight is 432 g/mol. The van der Waals surface area contributed by atoms with Gasteiger partial charge in [0.1, 0.15) is 16.9 Å². The molecule has 1 saturated carbocycles. The molecule has 0 bridgehead atoms. The molecule has 5 heteroatoms. The molecule has 0 radical (unpaired) electrons. The Balaban J connectivity index is 1.51. The number of ether oxygens (including phenoxy) is 1. The molecule has 166 valence electrons. The van der Waals surface area contributed by atoms with E-state index in [9.17, 15) is 9.59 Å². The highest BCUT2D eigenvalue weighted by molar-refractivity contribution is 6.14. The molecule has 2 aromatic carbocycles. The van der Waals surface area contributed by atoms with Crippen LogP contribution < -0.4 is 10.1 Å². The summed E-state index contributed by atoms with van der Waals surface area (Å²) in [5, 5.41) is 3.63. The van der Waals surface area contributed by atoms with E-state index in [0.29, 0.717) is 40.2 Å². The van der Waals surface area contributed by atoms with E-state index in [0.717, 1.165) is 42.5 Å². The summed E-state index contributed by atoms with van der Waals surface area (Å²) in [6.45, 7) is 8.08. The van der Waals surface area contributed by atoms with E-state index in [1.807, 2.05) is 45.0 Å². The highest BCUT2D eigenvalue weighted by Crippen LogP contribution is 2.46. The molecule has 1 amide bonds. The van der Waals surface area contributed by atoms with Crippen LogP contribution in [0.15, 0.2) is 34.7 Å². The van der Waals surface area contributed by atoms with Crippen molar-refractivity contribution >= 4 is 28.3 Å². The van der Waals surface area contributed by atoms with Crippen molar-refractivity contribution < 1.29 is 18.7 Å². The second-order valence-corrected chi connectivity index (χ2v) is 9.77. The largest absolute Gasteiger partial charge is 0.486 e. The summed E-state index contributed by atoms with van der Waals surface area (Å²) in [7, 11) is 0. The van der Waals surface area contributed by atoms with Crippen molar-refractivity contribution in [1.29, 1.82) is 0 Å². The maximum atomic E-state index is 13.3. The van der Waals surface area contributed by atoms with Crippen LogP contribution in [0.3, 0.4) is 0 Å². The van der Waals surface area contributed by atoms with Crippen molar-refractivity contribution in [2.45, 2.75) is 65.4 Å². The first kappa shape index (κ1) is 20.8. The van der Waals surface area contributed by atoms with Crippen molar-refractivity contribution in [3.63, 3.8) is 0 Å². The molecule has 3 aromatic rings. The summed E-state index contributed by atoms with van der Waals surface area (Å²) in [4.78, 5) is 26.4. The highest BCUT2D eigenvalue weighted by Gasteiger charge is 2.43. The van der Waals surface area contributed by atoms with Crippen LogP contribution >= 0.6 is 0 Å². The number of aryl methyl sites for hydroxylation is 3. The van der Waals surface area contributed by atoms with Crippen LogP contribution in [0.2, 0.25) is 0 Å². The number of carbonyl (C=O) groups excluding carboxylic acids is 2. The van der Waals surface area contributed by atoms with E-state index in [1.165, 1.54) is 0 Å². The minimum Gasteiger partial charge on any atom is -0.486 e. The van der Waals surface area contributed by atoms with Crippen molar-refractivity contribution in [1.82, 2.24) is 0 Å². The van der Waals surface area contributed by atoms with Crippen LogP contribution in [0.5, 0.6) is 5.75 Å². The zero-order chi connectivity index (χ0) is 22.6. The van der Waals surface area contributed by atoms with Crippen molar-refractivity contribution in [3.8, 4) is 5.75 Å². The Morgan fingerprint density at radius 1 is 1.06 bits per heavy atom. The molecule has 1 spiro atoms. The van der Waals surface area contributed by atoms with Gasteiger partial charge in [0.05, 0.1) is 12.0 Å². The normalized spacial score (nSPS) is 22.6. The molecular weight excluding hydrogens is 402 g/mol. The van der Waals surface area contributed by atoms with E-state index in [4.69, 9.17) is 9.15 Å². The molecule has 32 heavy (non-hydrogen) atoms. The highest BCUT2D eigenvalue weighted by atomic mass is 16.5. The lowest BCUT2D eigenvalue weighted by Gasteiger charge is -2.42. The van der Waals surface area contributed by atoms with Gasteiger partial charge in [0.15, 0.2) is 11.5 Å². The molecule has 1 fully saturated rings. The van der Waals surface area contributed by atoms with Crippen LogP contribution in [0, 0.1) is 26.7 Å². The number of carbonyl (C=O) groups is 2. The van der Waals surface area contributed by atoms with Crippen LogP contribution in [0.1, 0.15) is 76.6 Å². The van der Waals surface area contributed by atoms with Crippen LogP contribution in [0.4, 0.5) is 5.69 Å². The standard InChI is InChI=1S/C27H29NO4/c1-15-7-9-27(10-8-15)14-20(29)24-22(32-27)6-5-21-23(24)18(4)25(31-21)26(30)28-19-12-16(2)11-17(3)13-19/h5-6,11-13,15H,7-10,14H2,1-4H3,(H,28,30). The minimum atomic E-state index is -0.384. The number of rotatable bonds is 2. The number of hydrogen-bond acceptors (Lipinski definition) is 4. The number of anilines is 1. The Bertz CT molecular complexity index is 1220. The zero-order valence-corrected chi connectivity index (χ0v) is 19.1. The Labute approximate surface area is 188 Å². The fourth-order valence-corrected chi connectivity index (χ4v) is 5.35. The Hall–Kier alpha value is -3.08. The first-order valence-corrected chi connectivity index (χ1v) is 11.4. The van der Waals surface area contributed by atoms with Gasteiger partial charge in [0.25, 0.3) is 5.91 Å². The molecule has 5 nitrogen and oxygen atoms in total. The summed E-state index contributed by atoms with van der Waals surface area (Å²) in [5.74, 6) is 1.29. The van der Waals surface area contributed by atoms with Crippen LogP contribution in [-0.4, -0.2) is 17.3 Å². The summed E-state index contributed by atoms with van der Waals surface area (Å²) in [5.41, 5.74) is 4.25. The third-order valence-corrected chi connectivity index (χ3v) is 7.02. The molecule has 0 atom stereocenters. The van der Waals surface area contributed by atoms with Crippen molar-refractivity contribution in [2.24, 2.45) is 5.92 Å². The molecule has 1 aliphatic heterocycles. The fraction of sp³-hybridized carbons (Fsp3) is 0.407. The van der Waals surface area contributed by atoms with Gasteiger partial charge in [0.2, 0.25) is 0 Å². The summed E-state index contributed by atoms with van der Waals surface area (Å²) >= 11 is 0. The van der Waals surface area contributed by atoms with Gasteiger partial charge in [-0.2, -0.15) is 0 Å². The molecule has 1 aliphatic carbocycles. The number of amides is 1. The number of nitrogens with one attached hydrogen (secondary N) is 1. The summed E-state index contributed by atoms with van der Waals surface area (Å²) in [6, 6.07) is 9.54. The predicted molar refractivity (Wildman–Crippen MR) is 125 cm³/mol. The number of furan rings is 1. The Morgan fingerprint density at radius 3 is 2.44 bits per heavy atom. The maximum Gasteiger partial charge on any atom is 0.291 e. The lowest BCUT2D eigenvalue weighted by atomic mass is 9.74. The Morgan fingerprint density at radius 2 is 1.75 bits per heavy atom. The first-order valence-electron chi connectivity index (χ1n) is 11.4. The van der Waals surface area contributed by atoms with Gasteiger partial charge in [-0.15, -0.1) is 0 Å². The van der Waals surface area contributed by atoms with Crippen molar-refractivity contribution in [3.05, 3.63) is 58.3 Å². The average Bonchev–Trinajstić information content (AvgIpc) is 3.06. The second kappa shape index (κ2) is 7.51. The van der Waals surface area contributed by atoms with E-state index in [-0.39, 0.29) is 23.1 Å². The van der Waals surface area contributed by atoms with E-state index < -0.39 is 0 Å². The molecule has 1 aromatic heterocycles. The molecule has 2 heterocycles. The van der Waals surface area contributed by atoms with E-state index in [1.54, 1.807) is 0 Å². The van der Waals surface area contributed by atoms with Gasteiger partial charge in [-0.3, -0.25) is 9.59 Å². The number of hydrogen-bond donors (Lipinski definition) is 1. The fourth-order valence-electron chi connectivity index (χ4n) is 5.35. The quantitative estimate of drug-likeness (QED) is 0.501. The van der Waals surface area contributed by atoms with Gasteiger partial charge >= 0.3 is 0 Å². The lowest BCUT2D eigenvalue weighted by Crippen LogP contribution is -2.44. The van der Waals surface area contributed by atoms with Gasteiger partial charge in [0, 0.05) is 16.6 Å². The van der Waals surface area contributed by atoms with Gasteiger partial charge in [-0.05, 0) is 87.8 Å². The molecule has 1 N–H and O–H groups in total. The predicted octanol–water partition coefficient (Wildman–Crippen LogP) is 6.52. The molecule has 0 unspecified atom stereocenters. The maximum absolute atomic E-state index is 13.3. The third kappa shape index (κ3) is 3.50. The smallest absolute Gasteiger partial charge is 0.291 e. The third-order valence-electron chi connectivity index (χ3n) is 7.02. The molecular formula is C27H29NO4. The van der Waals surface area contributed by atoms with Gasteiger partial charge in [-0.1, -0.05) is 13.0 Å². The second-order valence-electron chi connectivity index (χ2n) is 9.77. The number of Topliss-reactive ketones (excluding diaryl/α,β-unsaturated/α-hetero) is 1. The zero-order valence-electron chi connectivity index (χ0n) is 19.1. The van der Waals surface area contributed by atoms with Gasteiger partial charge < -0.3 is 14.5 Å². The number of fused-ring (bicyclic) bond motifs is 3. The van der Waals surface area contributed by atoms with Crippen molar-refractivity contribution in [2.75, 3.05) is 5.32 Å². The molecule has 2 aliphatic rings. The van der Waals surface area contributed by atoms with Crippen LogP contribution in [0.25, 0.3) is 11.0 Å². The molecule has 5 rings (SSSR count). The molecule has 0 saturated heterocycles. The SMILES string of the molecule is Cc1cc(C)cc(NC(=O)c2oc3ccc4c(c3c2C)C(=O)CC2(CCC(C)CC2)O4)c1. The number of ketones is 1. The summed E-state index contributed by atoms with van der Waals surface area (Å²) in [6.07, 6.45) is 4.37. The lowest BCUT2D eigenvalue weighted by molar-refractivity contribution is 0.00430.